The van der Waals surface area contributed by atoms with E-state index in [2.05, 4.69) is 17.3 Å². The van der Waals surface area contributed by atoms with Crippen LogP contribution in [0.15, 0.2) is 42.7 Å². The molecular weight excluding hydrogens is 288 g/mol. The summed E-state index contributed by atoms with van der Waals surface area (Å²) < 4.78 is 0. The second kappa shape index (κ2) is 6.38. The van der Waals surface area contributed by atoms with Crippen LogP contribution in [-0.2, 0) is 4.79 Å². The second-order valence-electron chi connectivity index (χ2n) is 5.93. The number of nitrogens with zero attached hydrogens (tertiary/aromatic N) is 2. The van der Waals surface area contributed by atoms with E-state index >= 15 is 0 Å². The zero-order chi connectivity index (χ0) is 16.4. The van der Waals surface area contributed by atoms with Gasteiger partial charge in [-0.15, -0.1) is 0 Å². The Balaban J connectivity index is 1.92. The summed E-state index contributed by atoms with van der Waals surface area (Å²) in [7, 11) is 0. The van der Waals surface area contributed by atoms with E-state index in [9.17, 15) is 4.79 Å². The molecule has 5 nitrogen and oxygen atoms in total. The number of hydrazine groups is 1. The normalized spacial score (nSPS) is 18.1. The number of rotatable bonds is 5. The molecule has 3 N–H and O–H groups in total. The molecule has 0 radical (unpaired) electrons. The Labute approximate surface area is 136 Å². The summed E-state index contributed by atoms with van der Waals surface area (Å²) >= 11 is 0. The van der Waals surface area contributed by atoms with Gasteiger partial charge in [-0.25, -0.2) is 10.4 Å². The van der Waals surface area contributed by atoms with E-state index in [1.54, 1.807) is 17.4 Å². The molecule has 0 saturated heterocycles. The average Bonchev–Trinajstić information content (AvgIpc) is 2.80. The van der Waals surface area contributed by atoms with E-state index in [1.165, 1.54) is 0 Å². The molecule has 5 heteroatoms. The standard InChI is InChI=1S/C18H22N4O/c1-3-6-16(14-9-10-20-11-15(14)19)21-22-17-8-5-4-7-13(17)12(2)18(22)23/h4-5,7-12,16,21H,3,6,19H2,1-2H3. The SMILES string of the molecule is CCCC(NN1C(=O)C(C)c2ccccc21)c1ccncc1N. The molecule has 2 aromatic rings. The number of benzene rings is 1. The number of nitrogens with one attached hydrogen (secondary N) is 1. The lowest BCUT2D eigenvalue weighted by molar-refractivity contribution is -0.119. The van der Waals surface area contributed by atoms with Gasteiger partial charge in [0.1, 0.15) is 0 Å². The number of fused-ring (bicyclic) bond motifs is 1. The van der Waals surface area contributed by atoms with Crippen LogP contribution in [0, 0.1) is 0 Å². The summed E-state index contributed by atoms with van der Waals surface area (Å²) in [6.07, 6.45) is 5.26. The highest BCUT2D eigenvalue weighted by Gasteiger charge is 2.35. The summed E-state index contributed by atoms with van der Waals surface area (Å²) in [5.74, 6) is -0.0595. The third kappa shape index (κ3) is 2.80. The Morgan fingerprint density at radius 1 is 1.35 bits per heavy atom. The first kappa shape index (κ1) is 15.5. The summed E-state index contributed by atoms with van der Waals surface area (Å²) in [5.41, 5.74) is 13.1. The molecule has 1 aliphatic heterocycles. The van der Waals surface area contributed by atoms with E-state index in [4.69, 9.17) is 5.73 Å². The van der Waals surface area contributed by atoms with E-state index in [-0.39, 0.29) is 17.9 Å². The fraction of sp³-hybridized carbons (Fsp3) is 0.333. The number of pyridine rings is 1. The first-order chi connectivity index (χ1) is 11.1. The smallest absolute Gasteiger partial charge is 0.248 e. The molecule has 0 fully saturated rings. The van der Waals surface area contributed by atoms with Gasteiger partial charge in [0, 0.05) is 6.20 Å². The minimum atomic E-state index is -0.129. The van der Waals surface area contributed by atoms with E-state index < -0.39 is 0 Å². The molecule has 0 aliphatic carbocycles. The lowest BCUT2D eigenvalue weighted by atomic mass is 10.0. The largest absolute Gasteiger partial charge is 0.397 e. The van der Waals surface area contributed by atoms with Gasteiger partial charge in [-0.1, -0.05) is 31.5 Å². The molecule has 1 aromatic carbocycles. The molecule has 3 rings (SSSR count). The number of nitrogen functional groups attached to an aromatic ring is 1. The third-order valence-corrected chi connectivity index (χ3v) is 4.36. The molecule has 2 heterocycles. The molecule has 1 amide bonds. The van der Waals surface area contributed by atoms with Crippen molar-refractivity contribution in [3.63, 3.8) is 0 Å². The highest BCUT2D eigenvalue weighted by Crippen LogP contribution is 2.37. The van der Waals surface area contributed by atoms with Crippen LogP contribution in [0.4, 0.5) is 11.4 Å². The lowest BCUT2D eigenvalue weighted by Crippen LogP contribution is -2.43. The van der Waals surface area contributed by atoms with Gasteiger partial charge in [0.25, 0.3) is 0 Å². The fourth-order valence-electron chi connectivity index (χ4n) is 3.10. The summed E-state index contributed by atoms with van der Waals surface area (Å²) in [6.45, 7) is 4.06. The van der Waals surface area contributed by atoms with Crippen molar-refractivity contribution in [3.05, 3.63) is 53.9 Å². The first-order valence-electron chi connectivity index (χ1n) is 8.02. The predicted molar refractivity (Wildman–Crippen MR) is 91.8 cm³/mol. The molecular formula is C18H22N4O. The Kier molecular flexibility index (Phi) is 4.30. The third-order valence-electron chi connectivity index (χ3n) is 4.36. The van der Waals surface area contributed by atoms with Crippen molar-refractivity contribution in [3.8, 4) is 0 Å². The monoisotopic (exact) mass is 310 g/mol. The van der Waals surface area contributed by atoms with Crippen LogP contribution in [0.25, 0.3) is 0 Å². The maximum absolute atomic E-state index is 12.6. The van der Waals surface area contributed by atoms with E-state index in [1.807, 2.05) is 37.3 Å². The number of para-hydroxylation sites is 1. The zero-order valence-corrected chi connectivity index (χ0v) is 13.5. The van der Waals surface area contributed by atoms with Crippen LogP contribution in [0.5, 0.6) is 0 Å². The minimum absolute atomic E-state index is 0.0229. The summed E-state index contributed by atoms with van der Waals surface area (Å²) in [6, 6.07) is 9.80. The Morgan fingerprint density at radius 3 is 2.87 bits per heavy atom. The van der Waals surface area contributed by atoms with Gasteiger partial charge in [0.05, 0.1) is 29.5 Å². The number of hydrogen-bond acceptors (Lipinski definition) is 4. The van der Waals surface area contributed by atoms with Gasteiger partial charge in [-0.2, -0.15) is 0 Å². The second-order valence-corrected chi connectivity index (χ2v) is 5.93. The quantitative estimate of drug-likeness (QED) is 0.890. The number of aromatic nitrogens is 1. The fourth-order valence-corrected chi connectivity index (χ4v) is 3.10. The van der Waals surface area contributed by atoms with Crippen molar-refractivity contribution in [2.75, 3.05) is 10.7 Å². The zero-order valence-electron chi connectivity index (χ0n) is 13.5. The van der Waals surface area contributed by atoms with Gasteiger partial charge >= 0.3 is 0 Å². The highest BCUT2D eigenvalue weighted by atomic mass is 16.2. The summed E-state index contributed by atoms with van der Waals surface area (Å²) in [5, 5.41) is 1.68. The van der Waals surface area contributed by atoms with Crippen molar-refractivity contribution in [2.24, 2.45) is 0 Å². The molecule has 0 bridgehead atoms. The lowest BCUT2D eigenvalue weighted by Gasteiger charge is -2.27. The number of anilines is 2. The topological polar surface area (TPSA) is 71.2 Å². The van der Waals surface area contributed by atoms with Crippen molar-refractivity contribution >= 4 is 17.3 Å². The van der Waals surface area contributed by atoms with Crippen molar-refractivity contribution in [2.45, 2.75) is 38.6 Å². The van der Waals surface area contributed by atoms with Gasteiger partial charge in [-0.3, -0.25) is 9.78 Å². The minimum Gasteiger partial charge on any atom is -0.397 e. The highest BCUT2D eigenvalue weighted by molar-refractivity contribution is 6.03. The average molecular weight is 310 g/mol. The maximum atomic E-state index is 12.6. The predicted octanol–water partition coefficient (Wildman–Crippen LogP) is 3.16. The molecule has 120 valence electrons. The Hall–Kier alpha value is -2.40. The van der Waals surface area contributed by atoms with Crippen LogP contribution < -0.4 is 16.2 Å². The first-order valence-corrected chi connectivity index (χ1v) is 8.02. The molecule has 2 unspecified atom stereocenters. The molecule has 1 aromatic heterocycles. The Bertz CT molecular complexity index is 716. The van der Waals surface area contributed by atoms with Crippen molar-refractivity contribution in [1.82, 2.24) is 10.4 Å². The van der Waals surface area contributed by atoms with Crippen molar-refractivity contribution in [1.29, 1.82) is 0 Å². The molecule has 2 atom stereocenters. The maximum Gasteiger partial charge on any atom is 0.248 e. The van der Waals surface area contributed by atoms with Crippen LogP contribution >= 0.6 is 0 Å². The molecule has 0 spiro atoms. The van der Waals surface area contributed by atoms with Crippen LogP contribution in [0.2, 0.25) is 0 Å². The molecule has 1 aliphatic rings. The van der Waals surface area contributed by atoms with E-state index in [0.717, 1.165) is 29.7 Å². The van der Waals surface area contributed by atoms with Crippen LogP contribution in [0.1, 0.15) is 49.8 Å². The van der Waals surface area contributed by atoms with Crippen LogP contribution in [0.3, 0.4) is 0 Å². The van der Waals surface area contributed by atoms with Crippen molar-refractivity contribution < 1.29 is 4.79 Å². The summed E-state index contributed by atoms with van der Waals surface area (Å²) in [4.78, 5) is 16.7. The van der Waals surface area contributed by atoms with Gasteiger partial charge in [0.2, 0.25) is 5.91 Å². The van der Waals surface area contributed by atoms with E-state index in [0.29, 0.717) is 5.69 Å². The molecule has 23 heavy (non-hydrogen) atoms. The number of amides is 1. The number of carbonyl (C=O) groups excluding carboxylic acids is 1. The van der Waals surface area contributed by atoms with Crippen LogP contribution in [-0.4, -0.2) is 10.9 Å². The van der Waals surface area contributed by atoms with Gasteiger partial charge in [0.15, 0.2) is 0 Å². The van der Waals surface area contributed by atoms with Gasteiger partial charge in [-0.05, 0) is 36.6 Å². The Morgan fingerprint density at radius 2 is 2.13 bits per heavy atom. The molecule has 0 saturated carbocycles. The number of nitrogens with two attached hydrogens (primary N) is 1. The van der Waals surface area contributed by atoms with Gasteiger partial charge < -0.3 is 5.73 Å². The number of hydrogen-bond donors (Lipinski definition) is 2. The number of carbonyl (C=O) groups is 1.